The molecule has 15 heavy (non-hydrogen) atoms. The van der Waals surface area contributed by atoms with Gasteiger partial charge in [0.25, 0.3) is 0 Å². The number of amides is 1. The molecule has 3 nitrogen and oxygen atoms in total. The molecule has 2 unspecified atom stereocenters. The van der Waals surface area contributed by atoms with Crippen LogP contribution in [-0.2, 0) is 4.79 Å². The van der Waals surface area contributed by atoms with Crippen LogP contribution in [0, 0.1) is 5.92 Å². The molecule has 2 rings (SSSR count). The second kappa shape index (κ2) is 4.12. The number of carbonyl (C=O) groups is 1. The van der Waals surface area contributed by atoms with Gasteiger partial charge < -0.3 is 11.1 Å². The van der Waals surface area contributed by atoms with Gasteiger partial charge in [-0.2, -0.15) is 0 Å². The summed E-state index contributed by atoms with van der Waals surface area (Å²) in [5.41, 5.74) is 5.54. The Morgan fingerprint density at radius 1 is 1.47 bits per heavy atom. The summed E-state index contributed by atoms with van der Waals surface area (Å²) in [6.07, 6.45) is 7.55. The second-order valence-corrected chi connectivity index (χ2v) is 5.23. The highest BCUT2D eigenvalue weighted by Gasteiger charge is 2.43. The Hall–Kier alpha value is -0.570. The summed E-state index contributed by atoms with van der Waals surface area (Å²) < 4.78 is 0. The zero-order chi connectivity index (χ0) is 10.9. The number of rotatable bonds is 4. The monoisotopic (exact) mass is 210 g/mol. The fourth-order valence-corrected chi connectivity index (χ4v) is 2.66. The number of hydrogen-bond donors (Lipinski definition) is 2. The Balaban J connectivity index is 1.78. The first-order valence-electron chi connectivity index (χ1n) is 6.25. The summed E-state index contributed by atoms with van der Waals surface area (Å²) in [5.74, 6) is 0.826. The van der Waals surface area contributed by atoms with E-state index in [1.807, 2.05) is 0 Å². The molecule has 0 saturated heterocycles. The van der Waals surface area contributed by atoms with E-state index >= 15 is 0 Å². The van der Waals surface area contributed by atoms with Crippen molar-refractivity contribution in [2.24, 2.45) is 11.7 Å². The van der Waals surface area contributed by atoms with Gasteiger partial charge in [-0.05, 0) is 31.6 Å². The van der Waals surface area contributed by atoms with Crippen LogP contribution in [0.4, 0.5) is 0 Å². The van der Waals surface area contributed by atoms with Crippen molar-refractivity contribution < 1.29 is 4.79 Å². The van der Waals surface area contributed by atoms with E-state index in [1.165, 1.54) is 12.8 Å². The Bertz CT molecular complexity index is 246. The summed E-state index contributed by atoms with van der Waals surface area (Å²) in [5, 5.41) is 3.11. The maximum Gasteiger partial charge on any atom is 0.240 e. The smallest absolute Gasteiger partial charge is 0.240 e. The Morgan fingerprint density at radius 3 is 2.73 bits per heavy atom. The molecule has 0 spiro atoms. The van der Waals surface area contributed by atoms with Crippen molar-refractivity contribution in [3.63, 3.8) is 0 Å². The fourth-order valence-electron chi connectivity index (χ4n) is 2.66. The van der Waals surface area contributed by atoms with E-state index in [4.69, 9.17) is 5.73 Å². The molecule has 3 heteroatoms. The third-order valence-corrected chi connectivity index (χ3v) is 3.85. The van der Waals surface area contributed by atoms with Crippen LogP contribution >= 0.6 is 0 Å². The van der Waals surface area contributed by atoms with E-state index in [0.717, 1.165) is 38.0 Å². The molecular weight excluding hydrogens is 188 g/mol. The summed E-state index contributed by atoms with van der Waals surface area (Å²) in [6, 6.07) is 0.429. The third kappa shape index (κ3) is 2.33. The lowest BCUT2D eigenvalue weighted by Crippen LogP contribution is -2.52. The normalized spacial score (nSPS) is 32.7. The van der Waals surface area contributed by atoms with Crippen molar-refractivity contribution in [2.45, 2.75) is 63.5 Å². The van der Waals surface area contributed by atoms with Crippen LogP contribution in [0.15, 0.2) is 0 Å². The van der Waals surface area contributed by atoms with Crippen LogP contribution in [0.2, 0.25) is 0 Å². The Labute approximate surface area is 91.8 Å². The Morgan fingerprint density at radius 2 is 2.13 bits per heavy atom. The van der Waals surface area contributed by atoms with Crippen molar-refractivity contribution in [2.75, 3.05) is 0 Å². The topological polar surface area (TPSA) is 55.1 Å². The molecule has 2 atom stereocenters. The first kappa shape index (κ1) is 10.9. The zero-order valence-electron chi connectivity index (χ0n) is 9.59. The molecule has 86 valence electrons. The molecular formula is C12H22N2O. The molecule has 3 N–H and O–H groups in total. The number of carbonyl (C=O) groups excluding carboxylic acids is 1. The highest BCUT2D eigenvalue weighted by atomic mass is 16.2. The second-order valence-electron chi connectivity index (χ2n) is 5.23. The van der Waals surface area contributed by atoms with Crippen molar-refractivity contribution in [3.05, 3.63) is 0 Å². The average Bonchev–Trinajstić information content (AvgIpc) is 2.76. The molecule has 2 aliphatic rings. The minimum atomic E-state index is -0.542. The first-order valence-corrected chi connectivity index (χ1v) is 6.25. The summed E-state index contributed by atoms with van der Waals surface area (Å²) >= 11 is 0. The van der Waals surface area contributed by atoms with Gasteiger partial charge in [0.05, 0.1) is 5.54 Å². The van der Waals surface area contributed by atoms with E-state index in [2.05, 4.69) is 12.2 Å². The number of nitrogens with one attached hydrogen (secondary N) is 1. The van der Waals surface area contributed by atoms with Crippen molar-refractivity contribution in [1.82, 2.24) is 5.32 Å². The van der Waals surface area contributed by atoms with Crippen molar-refractivity contribution in [3.8, 4) is 0 Å². The highest BCUT2D eigenvalue weighted by molar-refractivity contribution is 5.86. The molecule has 2 aliphatic carbocycles. The molecule has 0 aromatic carbocycles. The molecule has 2 fully saturated rings. The molecule has 0 radical (unpaired) electrons. The molecule has 0 bridgehead atoms. The van der Waals surface area contributed by atoms with Crippen molar-refractivity contribution >= 4 is 5.91 Å². The highest BCUT2D eigenvalue weighted by Crippen LogP contribution is 2.36. The van der Waals surface area contributed by atoms with E-state index in [9.17, 15) is 4.79 Å². The minimum Gasteiger partial charge on any atom is -0.351 e. The molecule has 0 aromatic rings. The summed E-state index contributed by atoms with van der Waals surface area (Å²) in [7, 11) is 0. The lowest BCUT2D eigenvalue weighted by Gasteiger charge is -2.22. The first-order chi connectivity index (χ1) is 7.15. The van der Waals surface area contributed by atoms with Gasteiger partial charge in [0.1, 0.15) is 0 Å². The van der Waals surface area contributed by atoms with Gasteiger partial charge in [0.15, 0.2) is 0 Å². The van der Waals surface area contributed by atoms with E-state index < -0.39 is 5.54 Å². The largest absolute Gasteiger partial charge is 0.351 e. The predicted octanol–water partition coefficient (Wildman–Crippen LogP) is 1.56. The molecule has 0 heterocycles. The minimum absolute atomic E-state index is 0.101. The Kier molecular flexibility index (Phi) is 3.01. The third-order valence-electron chi connectivity index (χ3n) is 3.85. The standard InChI is InChI=1S/C12H22N2O/c1-2-5-9-8-10(9)14-11(15)12(13)6-3-4-7-12/h9-10H,2-8,13H2,1H3,(H,14,15). The lowest BCUT2D eigenvalue weighted by atomic mass is 9.98. The van der Waals surface area contributed by atoms with Crippen LogP contribution in [0.1, 0.15) is 51.9 Å². The lowest BCUT2D eigenvalue weighted by molar-refractivity contribution is -0.126. The molecule has 2 saturated carbocycles. The van der Waals surface area contributed by atoms with E-state index in [0.29, 0.717) is 6.04 Å². The van der Waals surface area contributed by atoms with Crippen LogP contribution < -0.4 is 11.1 Å². The zero-order valence-corrected chi connectivity index (χ0v) is 9.59. The molecule has 1 amide bonds. The van der Waals surface area contributed by atoms with Gasteiger partial charge >= 0.3 is 0 Å². The predicted molar refractivity (Wildman–Crippen MR) is 60.3 cm³/mol. The van der Waals surface area contributed by atoms with Gasteiger partial charge in [-0.25, -0.2) is 0 Å². The van der Waals surface area contributed by atoms with Gasteiger partial charge in [-0.3, -0.25) is 4.79 Å². The van der Waals surface area contributed by atoms with Crippen LogP contribution in [-0.4, -0.2) is 17.5 Å². The summed E-state index contributed by atoms with van der Waals surface area (Å²) in [6.45, 7) is 2.19. The summed E-state index contributed by atoms with van der Waals surface area (Å²) in [4.78, 5) is 11.9. The van der Waals surface area contributed by atoms with E-state index in [1.54, 1.807) is 0 Å². The molecule has 0 aromatic heterocycles. The van der Waals surface area contributed by atoms with Crippen LogP contribution in [0.25, 0.3) is 0 Å². The van der Waals surface area contributed by atoms with Gasteiger partial charge in [-0.15, -0.1) is 0 Å². The SMILES string of the molecule is CCCC1CC1NC(=O)C1(N)CCCC1. The average molecular weight is 210 g/mol. The number of nitrogens with two attached hydrogens (primary N) is 1. The van der Waals surface area contributed by atoms with E-state index in [-0.39, 0.29) is 5.91 Å². The number of hydrogen-bond acceptors (Lipinski definition) is 2. The van der Waals surface area contributed by atoms with Gasteiger partial charge in [0.2, 0.25) is 5.91 Å². The fraction of sp³-hybridized carbons (Fsp3) is 0.917. The van der Waals surface area contributed by atoms with Gasteiger partial charge in [0, 0.05) is 6.04 Å². The quantitative estimate of drug-likeness (QED) is 0.740. The van der Waals surface area contributed by atoms with Crippen LogP contribution in [0.3, 0.4) is 0 Å². The maximum absolute atomic E-state index is 11.9. The van der Waals surface area contributed by atoms with Crippen molar-refractivity contribution in [1.29, 1.82) is 0 Å². The van der Waals surface area contributed by atoms with Gasteiger partial charge in [-0.1, -0.05) is 26.2 Å². The van der Waals surface area contributed by atoms with Crippen LogP contribution in [0.5, 0.6) is 0 Å². The maximum atomic E-state index is 11.9. The molecule has 0 aliphatic heterocycles.